The van der Waals surface area contributed by atoms with Crippen molar-refractivity contribution in [3.05, 3.63) is 35.9 Å². The number of carbonyl (C=O) groups is 1. The maximum atomic E-state index is 12.8. The summed E-state index contributed by atoms with van der Waals surface area (Å²) in [6.07, 6.45) is -14.5. The van der Waals surface area contributed by atoms with E-state index >= 15 is 0 Å². The molecule has 1 N–H and O–H groups in total. The van der Waals surface area contributed by atoms with E-state index in [0.29, 0.717) is 30.3 Å². The Kier molecular flexibility index (Phi) is 6.21. The molecule has 2 amide bonds. The summed E-state index contributed by atoms with van der Waals surface area (Å²) in [5, 5.41) is 1.73. The van der Waals surface area contributed by atoms with E-state index in [1.54, 1.807) is 5.32 Å². The van der Waals surface area contributed by atoms with Gasteiger partial charge in [0.2, 0.25) is 17.7 Å². The Balaban J connectivity index is 2.37. The van der Waals surface area contributed by atoms with Crippen LogP contribution < -0.4 is 19.7 Å². The van der Waals surface area contributed by atoms with Gasteiger partial charge in [-0.1, -0.05) is 0 Å². The van der Waals surface area contributed by atoms with Gasteiger partial charge in [-0.2, -0.15) is 49.5 Å². The normalized spacial score (nSPS) is 14.0. The number of hydrogen-bond donors (Lipinski definition) is 1. The number of halogens is 9. The highest BCUT2D eigenvalue weighted by atomic mass is 19.4. The molecule has 2 aromatic rings. The minimum Gasteiger partial charge on any atom is -0.468 e. The second-order valence-corrected chi connectivity index (χ2v) is 5.99. The van der Waals surface area contributed by atoms with E-state index in [1.165, 1.54) is 0 Å². The fourth-order valence-corrected chi connectivity index (χ4v) is 1.99. The number of urea groups is 1. The topological polar surface area (TPSA) is 76.6 Å². The van der Waals surface area contributed by atoms with Crippen LogP contribution >= 0.6 is 0 Å². The van der Waals surface area contributed by atoms with Crippen LogP contribution in [0.15, 0.2) is 30.3 Å². The maximum Gasteiger partial charge on any atom is 0.422 e. The average molecular weight is 495 g/mol. The number of carbonyl (C=O) groups excluding carboxylic acids is 1. The van der Waals surface area contributed by atoms with Gasteiger partial charge in [-0.05, 0) is 24.3 Å². The Morgan fingerprint density at radius 3 is 1.82 bits per heavy atom. The van der Waals surface area contributed by atoms with Gasteiger partial charge in [0.1, 0.15) is 0 Å². The van der Waals surface area contributed by atoms with Crippen LogP contribution in [0.5, 0.6) is 11.8 Å². The number of benzene rings is 1. The van der Waals surface area contributed by atoms with E-state index in [-0.39, 0.29) is 4.90 Å². The predicted octanol–water partition coefficient (Wildman–Crippen LogP) is 5.05. The van der Waals surface area contributed by atoms with Crippen LogP contribution in [-0.2, 0) is 6.18 Å². The van der Waals surface area contributed by atoms with Crippen molar-refractivity contribution < 1.29 is 57.9 Å². The van der Waals surface area contributed by atoms with Crippen molar-refractivity contribution in [2.24, 2.45) is 0 Å². The summed E-state index contributed by atoms with van der Waals surface area (Å²) in [5.74, 6) is -3.02. The van der Waals surface area contributed by atoms with Gasteiger partial charge in [-0.3, -0.25) is 10.2 Å². The van der Waals surface area contributed by atoms with Gasteiger partial charge in [-0.25, -0.2) is 4.79 Å². The average Bonchev–Trinajstić information content (AvgIpc) is 2.68. The molecule has 0 radical (unpaired) electrons. The Morgan fingerprint density at radius 1 is 0.939 bits per heavy atom. The van der Waals surface area contributed by atoms with Crippen LogP contribution in [0.1, 0.15) is 9.68 Å². The first-order valence-corrected chi connectivity index (χ1v) is 8.31. The van der Waals surface area contributed by atoms with Crippen molar-refractivity contribution in [2.75, 3.05) is 30.4 Å². The van der Waals surface area contributed by atoms with E-state index in [4.69, 9.17) is 4.11 Å². The van der Waals surface area contributed by atoms with E-state index in [2.05, 4.69) is 19.4 Å². The summed E-state index contributed by atoms with van der Waals surface area (Å²) in [5.41, 5.74) is -1.74. The highest BCUT2D eigenvalue weighted by Gasteiger charge is 2.31. The molecule has 1 heterocycles. The molecule has 0 aliphatic carbocycles. The number of anilines is 2. The highest BCUT2D eigenvalue weighted by molar-refractivity contribution is 6.00. The lowest BCUT2D eigenvalue weighted by atomic mass is 10.2. The summed E-state index contributed by atoms with van der Waals surface area (Å²) in [7, 11) is 0. The zero-order valence-corrected chi connectivity index (χ0v) is 15.8. The Bertz CT molecular complexity index is 1020. The zero-order valence-electron chi connectivity index (χ0n) is 18.8. The van der Waals surface area contributed by atoms with Crippen molar-refractivity contribution in [3.8, 4) is 11.8 Å². The molecule has 0 saturated carbocycles. The predicted molar refractivity (Wildman–Crippen MR) is 94.0 cm³/mol. The number of alkyl halides is 9. The molecule has 0 unspecified atom stereocenters. The lowest BCUT2D eigenvalue weighted by Gasteiger charge is -2.19. The molecule has 2 rings (SSSR count). The standard InChI is InChI=1S/C17H13F9N4O3/c1-30(10-4-2-9(3-5-10)17(24,25)26)14(31)29-13-27-11(32-7-15(18,19)20)6-12(28-13)33-8-16(21,22)23/h2-6H,7-8H2,1H3,(H,27,28,29,31)/i1D3. The van der Waals surface area contributed by atoms with Gasteiger partial charge in [0.05, 0.1) is 11.6 Å². The van der Waals surface area contributed by atoms with Crippen LogP contribution in [0.25, 0.3) is 0 Å². The molecular formula is C17H13F9N4O3. The Labute approximate surface area is 183 Å². The highest BCUT2D eigenvalue weighted by Crippen LogP contribution is 2.30. The number of hydrogen-bond acceptors (Lipinski definition) is 5. The molecule has 16 heteroatoms. The second kappa shape index (κ2) is 9.58. The van der Waals surface area contributed by atoms with Crippen LogP contribution in [0.2, 0.25) is 0 Å². The van der Waals surface area contributed by atoms with Gasteiger partial charge in [-0.15, -0.1) is 0 Å². The molecule has 1 aromatic carbocycles. The van der Waals surface area contributed by atoms with Gasteiger partial charge >= 0.3 is 24.6 Å². The van der Waals surface area contributed by atoms with Gasteiger partial charge < -0.3 is 9.47 Å². The van der Waals surface area contributed by atoms with E-state index < -0.39 is 73.7 Å². The molecule has 7 nitrogen and oxygen atoms in total. The van der Waals surface area contributed by atoms with Gasteiger partial charge in [0.25, 0.3) is 0 Å². The Hall–Kier alpha value is -3.46. The lowest BCUT2D eigenvalue weighted by molar-refractivity contribution is -0.154. The van der Waals surface area contributed by atoms with Crippen molar-refractivity contribution in [1.82, 2.24) is 9.97 Å². The molecule has 0 saturated heterocycles. The monoisotopic (exact) mass is 495 g/mol. The second-order valence-electron chi connectivity index (χ2n) is 5.99. The smallest absolute Gasteiger partial charge is 0.422 e. The van der Waals surface area contributed by atoms with Crippen LogP contribution in [0.4, 0.5) is 55.9 Å². The molecule has 182 valence electrons. The Morgan fingerprint density at radius 2 is 1.42 bits per heavy atom. The van der Waals surface area contributed by atoms with Crippen molar-refractivity contribution >= 4 is 17.7 Å². The van der Waals surface area contributed by atoms with E-state index in [1.807, 2.05) is 0 Å². The third-order valence-corrected chi connectivity index (χ3v) is 3.32. The van der Waals surface area contributed by atoms with E-state index in [9.17, 15) is 44.3 Å². The first kappa shape index (κ1) is 21.4. The fourth-order valence-electron chi connectivity index (χ4n) is 1.99. The van der Waals surface area contributed by atoms with Crippen LogP contribution in [0, 0.1) is 0 Å². The van der Waals surface area contributed by atoms with Crippen molar-refractivity contribution in [1.29, 1.82) is 0 Å². The molecule has 0 atom stereocenters. The van der Waals surface area contributed by atoms with Crippen molar-refractivity contribution in [2.45, 2.75) is 18.5 Å². The van der Waals surface area contributed by atoms with Crippen LogP contribution in [0.3, 0.4) is 0 Å². The quantitative estimate of drug-likeness (QED) is 0.568. The first-order chi connectivity index (χ1) is 16.2. The number of amides is 2. The number of nitrogens with one attached hydrogen (secondary N) is 1. The lowest BCUT2D eigenvalue weighted by Crippen LogP contribution is -2.32. The van der Waals surface area contributed by atoms with Crippen LogP contribution in [-0.4, -0.2) is 48.5 Å². The number of rotatable bonds is 6. The molecule has 0 bridgehead atoms. The zero-order chi connectivity index (χ0) is 27.5. The summed E-state index contributed by atoms with van der Waals surface area (Å²) in [6, 6.07) is 1.08. The third kappa shape index (κ3) is 8.53. The summed E-state index contributed by atoms with van der Waals surface area (Å²) in [4.78, 5) is 19.3. The molecule has 0 aliphatic heterocycles. The third-order valence-electron chi connectivity index (χ3n) is 3.32. The number of nitrogens with zero attached hydrogens (tertiary/aromatic N) is 3. The molecule has 1 aromatic heterocycles. The molecule has 0 spiro atoms. The minimum atomic E-state index is -4.89. The summed E-state index contributed by atoms with van der Waals surface area (Å²) < 4.78 is 144. The van der Waals surface area contributed by atoms with E-state index in [0.717, 1.165) is 0 Å². The SMILES string of the molecule is [2H]C([2H])([2H])N(C(=O)Nc1nc(OCC(F)(F)F)cc(OCC(F)(F)F)n1)c1ccc(C(F)(F)F)cc1. The molecule has 0 aliphatic rings. The molecule has 0 fully saturated rings. The van der Waals surface area contributed by atoms with Gasteiger partial charge in [0.15, 0.2) is 13.2 Å². The largest absolute Gasteiger partial charge is 0.468 e. The first-order valence-electron chi connectivity index (χ1n) is 9.81. The summed E-state index contributed by atoms with van der Waals surface area (Å²) in [6.45, 7) is -7.20. The number of aromatic nitrogens is 2. The maximum absolute atomic E-state index is 12.8. The fraction of sp³-hybridized carbons (Fsp3) is 0.353. The number of ether oxygens (including phenoxy) is 2. The molecular weight excluding hydrogens is 479 g/mol. The summed E-state index contributed by atoms with van der Waals surface area (Å²) >= 11 is 0. The molecule has 33 heavy (non-hydrogen) atoms. The van der Waals surface area contributed by atoms with Crippen molar-refractivity contribution in [3.63, 3.8) is 0 Å². The minimum absolute atomic E-state index is 0.0179. The van der Waals surface area contributed by atoms with Gasteiger partial charge in [0, 0.05) is 16.8 Å².